The van der Waals surface area contributed by atoms with Crippen LogP contribution in [0, 0.1) is 22.0 Å². The van der Waals surface area contributed by atoms with E-state index in [2.05, 4.69) is 45.0 Å². The van der Waals surface area contributed by atoms with E-state index in [1.807, 2.05) is 0 Å². The average Bonchev–Trinajstić information content (AvgIpc) is 2.75. The minimum atomic E-state index is -0.369. The summed E-state index contributed by atoms with van der Waals surface area (Å²) in [4.78, 5) is 11.1. The molecule has 0 atom stereocenters. The van der Waals surface area contributed by atoms with Crippen LogP contribution in [0.4, 0.5) is 11.5 Å². The highest BCUT2D eigenvalue weighted by molar-refractivity contribution is 5.76. The number of nitrogens with zero attached hydrogens (tertiary/aromatic N) is 3. The van der Waals surface area contributed by atoms with Gasteiger partial charge in [-0.05, 0) is 30.9 Å². The minimum absolute atomic E-state index is 0.0307. The highest BCUT2D eigenvalue weighted by atomic mass is 16.6. The van der Waals surface area contributed by atoms with Crippen LogP contribution < -0.4 is 5.32 Å². The average molecular weight is 290 g/mol. The van der Waals surface area contributed by atoms with Crippen molar-refractivity contribution in [3.05, 3.63) is 34.5 Å². The third-order valence-corrected chi connectivity index (χ3v) is 4.48. The molecule has 0 saturated carbocycles. The Balaban J connectivity index is 2.56. The zero-order valence-corrected chi connectivity index (χ0v) is 13.1. The monoisotopic (exact) mass is 290 g/mol. The molecule has 2 aromatic heterocycles. The molecule has 2 rings (SSSR count). The van der Waals surface area contributed by atoms with Gasteiger partial charge in [-0.15, -0.1) is 5.10 Å². The number of rotatable bonds is 5. The number of nitro groups is 1. The quantitative estimate of drug-likeness (QED) is 0.672. The molecule has 2 aromatic rings. The second kappa shape index (κ2) is 5.35. The third kappa shape index (κ3) is 2.57. The van der Waals surface area contributed by atoms with Crippen molar-refractivity contribution in [2.75, 3.05) is 5.32 Å². The number of anilines is 1. The van der Waals surface area contributed by atoms with E-state index in [4.69, 9.17) is 0 Å². The molecule has 0 unspecified atom stereocenters. The standard InChI is InChI=1S/C15H22N4O2/c1-10(2)15(5,11(3)4)16-14-13(19(20)21)12-8-6-7-9-18(12)17-14/h6-11H,1-5H3,(H,16,17). The Morgan fingerprint density at radius 2 is 1.90 bits per heavy atom. The van der Waals surface area contributed by atoms with Crippen LogP contribution in [0.1, 0.15) is 34.6 Å². The fourth-order valence-corrected chi connectivity index (χ4v) is 2.46. The van der Waals surface area contributed by atoms with Gasteiger partial charge < -0.3 is 5.32 Å². The molecule has 0 saturated heterocycles. The van der Waals surface area contributed by atoms with E-state index in [9.17, 15) is 10.1 Å². The van der Waals surface area contributed by atoms with Crippen LogP contribution in [0.5, 0.6) is 0 Å². The fourth-order valence-electron chi connectivity index (χ4n) is 2.46. The van der Waals surface area contributed by atoms with E-state index in [1.54, 1.807) is 28.9 Å². The number of pyridine rings is 1. The molecule has 0 aromatic carbocycles. The van der Waals surface area contributed by atoms with Gasteiger partial charge >= 0.3 is 5.69 Å². The lowest BCUT2D eigenvalue weighted by Gasteiger charge is -2.38. The Morgan fingerprint density at radius 3 is 2.43 bits per heavy atom. The van der Waals surface area contributed by atoms with Gasteiger partial charge in [0.2, 0.25) is 5.82 Å². The van der Waals surface area contributed by atoms with Crippen molar-refractivity contribution in [1.29, 1.82) is 0 Å². The Hall–Kier alpha value is -2.11. The molecule has 0 aliphatic heterocycles. The molecular formula is C15H22N4O2. The third-order valence-electron chi connectivity index (χ3n) is 4.48. The molecule has 0 spiro atoms. The molecule has 0 fully saturated rings. The van der Waals surface area contributed by atoms with Crippen molar-refractivity contribution in [2.24, 2.45) is 11.8 Å². The zero-order chi connectivity index (χ0) is 15.8. The molecule has 0 radical (unpaired) electrons. The maximum Gasteiger partial charge on any atom is 0.338 e. The SMILES string of the molecule is CC(C)C(C)(Nc1nn2ccccc2c1[N+](=O)[O-])C(C)C. The molecule has 0 amide bonds. The second-order valence-electron chi connectivity index (χ2n) is 6.20. The summed E-state index contributed by atoms with van der Waals surface area (Å²) in [5.41, 5.74) is 0.255. The lowest BCUT2D eigenvalue weighted by Crippen LogP contribution is -2.45. The Bertz CT molecular complexity index is 653. The first-order chi connectivity index (χ1) is 9.77. The van der Waals surface area contributed by atoms with Gasteiger partial charge in [0.15, 0.2) is 0 Å². The maximum atomic E-state index is 11.4. The van der Waals surface area contributed by atoms with Crippen molar-refractivity contribution in [2.45, 2.75) is 40.2 Å². The largest absolute Gasteiger partial charge is 0.357 e. The summed E-state index contributed by atoms with van der Waals surface area (Å²) in [6.45, 7) is 10.5. The lowest BCUT2D eigenvalue weighted by atomic mass is 9.78. The van der Waals surface area contributed by atoms with E-state index >= 15 is 0 Å². The minimum Gasteiger partial charge on any atom is -0.357 e. The van der Waals surface area contributed by atoms with Gasteiger partial charge in [-0.1, -0.05) is 33.8 Å². The molecule has 0 bridgehead atoms. The van der Waals surface area contributed by atoms with Crippen LogP contribution >= 0.6 is 0 Å². The van der Waals surface area contributed by atoms with Gasteiger partial charge in [0.05, 0.1) is 4.92 Å². The summed E-state index contributed by atoms with van der Waals surface area (Å²) >= 11 is 0. The Labute approximate surface area is 124 Å². The van der Waals surface area contributed by atoms with Crippen molar-refractivity contribution < 1.29 is 4.92 Å². The smallest absolute Gasteiger partial charge is 0.338 e. The molecular weight excluding hydrogens is 268 g/mol. The van der Waals surface area contributed by atoms with Crippen LogP contribution in [0.3, 0.4) is 0 Å². The number of hydrogen-bond donors (Lipinski definition) is 1. The van der Waals surface area contributed by atoms with Crippen molar-refractivity contribution in [1.82, 2.24) is 9.61 Å². The maximum absolute atomic E-state index is 11.4. The first-order valence-electron chi connectivity index (χ1n) is 7.17. The summed E-state index contributed by atoms with van der Waals surface area (Å²) in [5, 5.41) is 19.1. The Kier molecular flexibility index (Phi) is 3.89. The summed E-state index contributed by atoms with van der Waals surface area (Å²) in [7, 11) is 0. The van der Waals surface area contributed by atoms with E-state index in [0.29, 0.717) is 23.2 Å². The van der Waals surface area contributed by atoms with Crippen molar-refractivity contribution in [3.8, 4) is 0 Å². The van der Waals surface area contributed by atoms with Crippen molar-refractivity contribution in [3.63, 3.8) is 0 Å². The Morgan fingerprint density at radius 1 is 1.29 bits per heavy atom. The first-order valence-corrected chi connectivity index (χ1v) is 7.17. The first kappa shape index (κ1) is 15.3. The van der Waals surface area contributed by atoms with Crippen LogP contribution in [0.25, 0.3) is 5.52 Å². The molecule has 1 N–H and O–H groups in total. The van der Waals surface area contributed by atoms with Gasteiger partial charge in [0.25, 0.3) is 0 Å². The van der Waals surface area contributed by atoms with Gasteiger partial charge in [-0.3, -0.25) is 10.1 Å². The number of fused-ring (bicyclic) bond motifs is 1. The molecule has 6 heteroatoms. The van der Waals surface area contributed by atoms with Crippen LogP contribution in [-0.4, -0.2) is 20.1 Å². The topological polar surface area (TPSA) is 72.5 Å². The van der Waals surface area contributed by atoms with E-state index < -0.39 is 0 Å². The van der Waals surface area contributed by atoms with E-state index in [0.717, 1.165) is 0 Å². The molecule has 21 heavy (non-hydrogen) atoms. The summed E-state index contributed by atoms with van der Waals surface area (Å²) in [6.07, 6.45) is 1.72. The number of aromatic nitrogens is 2. The number of hydrogen-bond acceptors (Lipinski definition) is 4. The second-order valence-corrected chi connectivity index (χ2v) is 6.20. The molecule has 0 aliphatic rings. The fraction of sp³-hybridized carbons (Fsp3) is 0.533. The van der Waals surface area contributed by atoms with Gasteiger partial charge in [-0.25, -0.2) is 4.52 Å². The molecule has 6 nitrogen and oxygen atoms in total. The van der Waals surface area contributed by atoms with E-state index in [1.165, 1.54) is 0 Å². The molecule has 2 heterocycles. The summed E-state index contributed by atoms with van der Waals surface area (Å²) in [6, 6.07) is 5.29. The molecule has 0 aliphatic carbocycles. The lowest BCUT2D eigenvalue weighted by molar-refractivity contribution is -0.382. The van der Waals surface area contributed by atoms with Crippen molar-refractivity contribution >= 4 is 17.0 Å². The predicted molar refractivity (Wildman–Crippen MR) is 83.6 cm³/mol. The highest BCUT2D eigenvalue weighted by Gasteiger charge is 2.35. The van der Waals surface area contributed by atoms with E-state index in [-0.39, 0.29) is 16.1 Å². The summed E-state index contributed by atoms with van der Waals surface area (Å²) in [5.74, 6) is 0.944. The number of nitrogens with one attached hydrogen (secondary N) is 1. The predicted octanol–water partition coefficient (Wildman–Crippen LogP) is 3.73. The highest BCUT2D eigenvalue weighted by Crippen LogP contribution is 2.35. The molecule has 114 valence electrons. The van der Waals surface area contributed by atoms with Gasteiger partial charge in [0, 0.05) is 11.7 Å². The summed E-state index contributed by atoms with van der Waals surface area (Å²) < 4.78 is 1.54. The van der Waals surface area contributed by atoms with Crippen LogP contribution in [0.2, 0.25) is 0 Å². The van der Waals surface area contributed by atoms with Gasteiger partial charge in [0.1, 0.15) is 5.52 Å². The zero-order valence-electron chi connectivity index (χ0n) is 13.1. The van der Waals surface area contributed by atoms with Gasteiger partial charge in [-0.2, -0.15) is 0 Å². The van der Waals surface area contributed by atoms with Crippen LogP contribution in [0.15, 0.2) is 24.4 Å². The normalized spacial score (nSPS) is 12.3. The van der Waals surface area contributed by atoms with Crippen LogP contribution in [-0.2, 0) is 0 Å².